The fourth-order valence-electron chi connectivity index (χ4n) is 2.28. The van der Waals surface area contributed by atoms with E-state index in [1.165, 1.54) is 11.1 Å². The van der Waals surface area contributed by atoms with Crippen LogP contribution in [-0.4, -0.2) is 15.8 Å². The molecule has 3 nitrogen and oxygen atoms in total. The third kappa shape index (κ3) is 2.98. The molecular weight excluding hydrogens is 246 g/mol. The molecule has 0 bridgehead atoms. The van der Waals surface area contributed by atoms with E-state index in [9.17, 15) is 0 Å². The normalized spacial score (nSPS) is 11.9. The standard InChI is InChI=1S/C17H23N3/c1-12(2)14-7-6-8-15(13(3)4)17(14)19-11-16-18-9-10-20(16)5/h6-13H,1-5H3. The molecule has 1 heterocycles. The average molecular weight is 269 g/mol. The molecule has 1 aromatic carbocycles. The van der Waals surface area contributed by atoms with Crippen molar-refractivity contribution in [3.63, 3.8) is 0 Å². The Bertz CT molecular complexity index is 580. The summed E-state index contributed by atoms with van der Waals surface area (Å²) in [5, 5.41) is 0. The molecule has 1 aromatic heterocycles. The number of nitrogens with zero attached hydrogens (tertiary/aromatic N) is 3. The second-order valence-corrected chi connectivity index (χ2v) is 5.75. The molecule has 0 saturated carbocycles. The minimum atomic E-state index is 0.460. The van der Waals surface area contributed by atoms with E-state index in [4.69, 9.17) is 4.99 Å². The maximum Gasteiger partial charge on any atom is 0.150 e. The zero-order chi connectivity index (χ0) is 14.7. The van der Waals surface area contributed by atoms with E-state index in [0.717, 1.165) is 11.5 Å². The molecule has 0 N–H and O–H groups in total. The first-order valence-corrected chi connectivity index (χ1v) is 7.15. The average Bonchev–Trinajstić information content (AvgIpc) is 2.81. The van der Waals surface area contributed by atoms with Crippen LogP contribution in [0.4, 0.5) is 5.69 Å². The highest BCUT2D eigenvalue weighted by molar-refractivity contribution is 5.79. The molecule has 2 rings (SSSR count). The van der Waals surface area contributed by atoms with E-state index >= 15 is 0 Å². The van der Waals surface area contributed by atoms with E-state index in [1.807, 2.05) is 24.0 Å². The summed E-state index contributed by atoms with van der Waals surface area (Å²) in [6.07, 6.45) is 5.57. The summed E-state index contributed by atoms with van der Waals surface area (Å²) in [7, 11) is 1.98. The van der Waals surface area contributed by atoms with Gasteiger partial charge in [-0.15, -0.1) is 0 Å². The molecule has 0 aliphatic heterocycles. The Balaban J connectivity index is 2.48. The van der Waals surface area contributed by atoms with E-state index in [2.05, 4.69) is 50.9 Å². The Morgan fingerprint density at radius 1 is 1.10 bits per heavy atom. The predicted molar refractivity (Wildman–Crippen MR) is 85.1 cm³/mol. The predicted octanol–water partition coefficient (Wildman–Crippen LogP) is 4.42. The Morgan fingerprint density at radius 2 is 1.70 bits per heavy atom. The van der Waals surface area contributed by atoms with Gasteiger partial charge in [-0.2, -0.15) is 0 Å². The Hall–Kier alpha value is -1.90. The van der Waals surface area contributed by atoms with Gasteiger partial charge in [-0.25, -0.2) is 4.98 Å². The quantitative estimate of drug-likeness (QED) is 0.756. The molecular formula is C17H23N3. The maximum atomic E-state index is 4.74. The summed E-state index contributed by atoms with van der Waals surface area (Å²) in [5.74, 6) is 1.79. The second kappa shape index (κ2) is 6.04. The van der Waals surface area contributed by atoms with E-state index < -0.39 is 0 Å². The number of hydrogen-bond acceptors (Lipinski definition) is 2. The topological polar surface area (TPSA) is 30.2 Å². The Morgan fingerprint density at radius 3 is 2.15 bits per heavy atom. The number of benzene rings is 1. The lowest BCUT2D eigenvalue weighted by Gasteiger charge is -2.16. The first-order chi connectivity index (χ1) is 9.50. The highest BCUT2D eigenvalue weighted by Crippen LogP contribution is 2.34. The molecule has 0 unspecified atom stereocenters. The van der Waals surface area contributed by atoms with Gasteiger partial charge in [0, 0.05) is 19.4 Å². The molecule has 0 spiro atoms. The first-order valence-electron chi connectivity index (χ1n) is 7.15. The highest BCUT2D eigenvalue weighted by Gasteiger charge is 2.12. The molecule has 2 aromatic rings. The van der Waals surface area contributed by atoms with E-state index in [0.29, 0.717) is 11.8 Å². The molecule has 0 aliphatic rings. The molecule has 0 aliphatic carbocycles. The fourth-order valence-corrected chi connectivity index (χ4v) is 2.28. The van der Waals surface area contributed by atoms with Gasteiger partial charge in [0.2, 0.25) is 0 Å². The van der Waals surface area contributed by atoms with Crippen LogP contribution >= 0.6 is 0 Å². The SMILES string of the molecule is CC(C)c1cccc(C(C)C)c1N=Cc1nccn1C. The molecule has 0 atom stereocenters. The van der Waals surface area contributed by atoms with Crippen molar-refractivity contribution in [1.29, 1.82) is 0 Å². The Labute approximate surface area is 121 Å². The van der Waals surface area contributed by atoms with Crippen LogP contribution in [0, 0.1) is 0 Å². The lowest BCUT2D eigenvalue weighted by molar-refractivity contribution is 0.834. The van der Waals surface area contributed by atoms with Crippen molar-refractivity contribution < 1.29 is 0 Å². The van der Waals surface area contributed by atoms with E-state index in [1.54, 1.807) is 6.20 Å². The van der Waals surface area contributed by atoms with Gasteiger partial charge in [0.25, 0.3) is 0 Å². The Kier molecular flexibility index (Phi) is 4.38. The minimum Gasteiger partial charge on any atom is -0.333 e. The van der Waals surface area contributed by atoms with Crippen molar-refractivity contribution in [2.24, 2.45) is 12.0 Å². The lowest BCUT2D eigenvalue weighted by Crippen LogP contribution is -1.98. The van der Waals surface area contributed by atoms with Crippen molar-refractivity contribution in [2.75, 3.05) is 0 Å². The van der Waals surface area contributed by atoms with Crippen LogP contribution in [0.15, 0.2) is 35.6 Å². The van der Waals surface area contributed by atoms with Gasteiger partial charge in [-0.05, 0) is 23.0 Å². The van der Waals surface area contributed by atoms with Crippen LogP contribution < -0.4 is 0 Å². The lowest BCUT2D eigenvalue weighted by atomic mass is 9.93. The fraction of sp³-hybridized carbons (Fsp3) is 0.412. The number of aromatic nitrogens is 2. The molecule has 20 heavy (non-hydrogen) atoms. The third-order valence-electron chi connectivity index (χ3n) is 3.51. The molecule has 0 fully saturated rings. The van der Waals surface area contributed by atoms with Crippen LogP contribution in [0.1, 0.15) is 56.5 Å². The van der Waals surface area contributed by atoms with Crippen molar-refractivity contribution in [3.05, 3.63) is 47.5 Å². The zero-order valence-electron chi connectivity index (χ0n) is 13.0. The molecule has 0 saturated heterocycles. The largest absolute Gasteiger partial charge is 0.333 e. The van der Waals surface area contributed by atoms with Gasteiger partial charge in [0.05, 0.1) is 11.9 Å². The second-order valence-electron chi connectivity index (χ2n) is 5.75. The number of imidazole rings is 1. The van der Waals surface area contributed by atoms with Gasteiger partial charge < -0.3 is 4.57 Å². The summed E-state index contributed by atoms with van der Waals surface area (Å²) < 4.78 is 1.97. The summed E-state index contributed by atoms with van der Waals surface area (Å²) in [4.78, 5) is 9.04. The third-order valence-corrected chi connectivity index (χ3v) is 3.51. The van der Waals surface area contributed by atoms with Crippen LogP contribution in [0.25, 0.3) is 0 Å². The van der Waals surface area contributed by atoms with Crippen molar-refractivity contribution >= 4 is 11.9 Å². The minimum absolute atomic E-state index is 0.460. The van der Waals surface area contributed by atoms with E-state index in [-0.39, 0.29) is 0 Å². The van der Waals surface area contributed by atoms with Crippen LogP contribution in [0.2, 0.25) is 0 Å². The van der Waals surface area contributed by atoms with Crippen LogP contribution in [-0.2, 0) is 7.05 Å². The van der Waals surface area contributed by atoms with Crippen molar-refractivity contribution in [2.45, 2.75) is 39.5 Å². The molecule has 3 heteroatoms. The molecule has 0 amide bonds. The van der Waals surface area contributed by atoms with Crippen molar-refractivity contribution in [1.82, 2.24) is 9.55 Å². The summed E-state index contributed by atoms with van der Waals surface area (Å²) in [6.45, 7) is 8.83. The first kappa shape index (κ1) is 14.5. The smallest absolute Gasteiger partial charge is 0.150 e. The highest BCUT2D eigenvalue weighted by atomic mass is 15.0. The van der Waals surface area contributed by atoms with Crippen LogP contribution in [0.5, 0.6) is 0 Å². The number of rotatable bonds is 4. The number of hydrogen-bond donors (Lipinski definition) is 0. The summed E-state index contributed by atoms with van der Waals surface area (Å²) >= 11 is 0. The molecule has 106 valence electrons. The van der Waals surface area contributed by atoms with Crippen molar-refractivity contribution in [3.8, 4) is 0 Å². The number of para-hydroxylation sites is 1. The van der Waals surface area contributed by atoms with Crippen LogP contribution in [0.3, 0.4) is 0 Å². The number of aliphatic imine (C=N–C) groups is 1. The number of aryl methyl sites for hydroxylation is 1. The zero-order valence-corrected chi connectivity index (χ0v) is 13.0. The van der Waals surface area contributed by atoms with Gasteiger partial charge in [0.15, 0.2) is 5.82 Å². The van der Waals surface area contributed by atoms with Gasteiger partial charge >= 0.3 is 0 Å². The van der Waals surface area contributed by atoms with Gasteiger partial charge in [-0.3, -0.25) is 4.99 Å². The summed E-state index contributed by atoms with van der Waals surface area (Å²) in [6, 6.07) is 6.47. The molecule has 0 radical (unpaired) electrons. The van der Waals surface area contributed by atoms with Gasteiger partial charge in [-0.1, -0.05) is 45.9 Å². The maximum absolute atomic E-state index is 4.74. The van der Waals surface area contributed by atoms with Gasteiger partial charge in [0.1, 0.15) is 0 Å². The monoisotopic (exact) mass is 269 g/mol. The summed E-state index contributed by atoms with van der Waals surface area (Å²) in [5.41, 5.74) is 3.68.